The summed E-state index contributed by atoms with van der Waals surface area (Å²) < 4.78 is 38.7. The Balaban J connectivity index is 1.45. The summed E-state index contributed by atoms with van der Waals surface area (Å²) in [6.45, 7) is 8.69. The summed E-state index contributed by atoms with van der Waals surface area (Å²) in [4.78, 5) is 13.8. The molecule has 1 aromatic carbocycles. The molecule has 31 heavy (non-hydrogen) atoms. The van der Waals surface area contributed by atoms with E-state index in [1.54, 1.807) is 6.20 Å². The highest BCUT2D eigenvalue weighted by Crippen LogP contribution is 2.33. The zero-order chi connectivity index (χ0) is 22.0. The number of hydrogen-bond donors (Lipinski definition) is 0. The molecule has 2 aliphatic heterocycles. The number of alkyl halides is 3. The second-order valence-corrected chi connectivity index (χ2v) is 8.35. The molecule has 2 aromatic rings. The predicted octanol–water partition coefficient (Wildman–Crippen LogP) is 5.07. The van der Waals surface area contributed by atoms with Gasteiger partial charge < -0.3 is 4.90 Å². The number of hydrogen-bond acceptors (Lipinski definition) is 4. The topological polar surface area (TPSA) is 31.7 Å². The molecule has 7 heteroatoms. The minimum atomic E-state index is -4.33. The number of nitrogens with zero attached hydrogens (tertiary/aromatic N) is 4. The van der Waals surface area contributed by atoms with Gasteiger partial charge in [0, 0.05) is 50.7 Å². The Morgan fingerprint density at radius 3 is 2.39 bits per heavy atom. The van der Waals surface area contributed by atoms with Crippen molar-refractivity contribution in [1.82, 2.24) is 9.88 Å². The van der Waals surface area contributed by atoms with Crippen LogP contribution in [0.3, 0.4) is 0 Å². The molecule has 1 unspecified atom stereocenters. The maximum atomic E-state index is 12.9. The smallest absolute Gasteiger partial charge is 0.354 e. The Bertz CT molecular complexity index is 971. The molecular formula is C24H27F3N4. The van der Waals surface area contributed by atoms with E-state index in [0.717, 1.165) is 68.2 Å². The molecule has 1 atom stereocenters. The SMILES string of the molecule is CC1=C(CN2CCN(c3ncccc3-c3ccc(C(F)(F)F)cc3)CC2)C=NC(C)C1. The average molecular weight is 429 g/mol. The fourth-order valence-electron chi connectivity index (χ4n) is 4.20. The molecule has 1 saturated heterocycles. The Morgan fingerprint density at radius 2 is 1.74 bits per heavy atom. The first kappa shape index (κ1) is 21.6. The number of piperazine rings is 1. The van der Waals surface area contributed by atoms with E-state index < -0.39 is 11.7 Å². The summed E-state index contributed by atoms with van der Waals surface area (Å²) in [6, 6.07) is 9.43. The molecule has 164 valence electrons. The third-order valence-electron chi connectivity index (χ3n) is 6.01. The Labute approximate surface area is 181 Å². The van der Waals surface area contributed by atoms with Gasteiger partial charge in [0.05, 0.1) is 11.6 Å². The van der Waals surface area contributed by atoms with Gasteiger partial charge in [0.2, 0.25) is 0 Å². The lowest BCUT2D eigenvalue weighted by Crippen LogP contribution is -2.47. The van der Waals surface area contributed by atoms with Crippen LogP contribution < -0.4 is 4.90 Å². The van der Waals surface area contributed by atoms with Gasteiger partial charge in [-0.3, -0.25) is 9.89 Å². The van der Waals surface area contributed by atoms with Crippen molar-refractivity contribution in [3.05, 3.63) is 59.3 Å². The summed E-state index contributed by atoms with van der Waals surface area (Å²) in [7, 11) is 0. The number of rotatable bonds is 4. The van der Waals surface area contributed by atoms with Gasteiger partial charge in [-0.1, -0.05) is 17.7 Å². The van der Waals surface area contributed by atoms with Gasteiger partial charge in [0.25, 0.3) is 0 Å². The summed E-state index contributed by atoms with van der Waals surface area (Å²) in [5.74, 6) is 0.824. The number of dihydropyridines is 1. The summed E-state index contributed by atoms with van der Waals surface area (Å²) >= 11 is 0. The molecule has 0 bridgehead atoms. The summed E-state index contributed by atoms with van der Waals surface area (Å²) in [6.07, 6.45) is 0.457. The van der Waals surface area contributed by atoms with Gasteiger partial charge in [-0.05, 0) is 55.7 Å². The monoisotopic (exact) mass is 428 g/mol. The van der Waals surface area contributed by atoms with Crippen molar-refractivity contribution in [3.63, 3.8) is 0 Å². The van der Waals surface area contributed by atoms with E-state index in [0.29, 0.717) is 6.04 Å². The van der Waals surface area contributed by atoms with Crippen molar-refractivity contribution in [1.29, 1.82) is 0 Å². The van der Waals surface area contributed by atoms with Crippen molar-refractivity contribution in [3.8, 4) is 11.1 Å². The molecule has 0 saturated carbocycles. The van der Waals surface area contributed by atoms with Crippen LogP contribution >= 0.6 is 0 Å². The molecule has 2 aliphatic rings. The first-order valence-electron chi connectivity index (χ1n) is 10.6. The lowest BCUT2D eigenvalue weighted by Gasteiger charge is -2.36. The molecule has 0 spiro atoms. The molecule has 4 rings (SSSR count). The summed E-state index contributed by atoms with van der Waals surface area (Å²) in [5.41, 5.74) is 3.69. The maximum absolute atomic E-state index is 12.9. The second kappa shape index (κ2) is 8.83. The van der Waals surface area contributed by atoms with Crippen LogP contribution in [0, 0.1) is 0 Å². The van der Waals surface area contributed by atoms with E-state index in [4.69, 9.17) is 0 Å². The van der Waals surface area contributed by atoms with Crippen LogP contribution in [0.1, 0.15) is 25.8 Å². The van der Waals surface area contributed by atoms with Crippen molar-refractivity contribution in [2.45, 2.75) is 32.5 Å². The standard InChI is InChI=1S/C24H27F3N4/c1-17-14-18(2)29-15-20(17)16-30-10-12-31(13-11-30)23-22(4-3-9-28-23)19-5-7-21(8-6-19)24(25,26)27/h3-9,15,18H,10-14,16H2,1-2H3. The quantitative estimate of drug-likeness (QED) is 0.682. The fraction of sp³-hybridized carbons (Fsp3) is 0.417. The third-order valence-corrected chi connectivity index (χ3v) is 6.01. The number of halogens is 3. The third kappa shape index (κ3) is 4.98. The van der Waals surface area contributed by atoms with E-state index in [2.05, 4.69) is 33.6 Å². The van der Waals surface area contributed by atoms with Crippen LogP contribution in [0.2, 0.25) is 0 Å². The van der Waals surface area contributed by atoms with Crippen molar-refractivity contribution in [2.24, 2.45) is 4.99 Å². The molecular weight excluding hydrogens is 401 g/mol. The van der Waals surface area contributed by atoms with Gasteiger partial charge in [-0.15, -0.1) is 0 Å². The molecule has 0 amide bonds. The van der Waals surface area contributed by atoms with E-state index in [-0.39, 0.29) is 0 Å². The van der Waals surface area contributed by atoms with Gasteiger partial charge in [0.15, 0.2) is 0 Å². The van der Waals surface area contributed by atoms with Gasteiger partial charge in [-0.2, -0.15) is 13.2 Å². The molecule has 3 heterocycles. The molecule has 4 nitrogen and oxygen atoms in total. The molecule has 0 aliphatic carbocycles. The lowest BCUT2D eigenvalue weighted by atomic mass is 10.00. The lowest BCUT2D eigenvalue weighted by molar-refractivity contribution is -0.137. The van der Waals surface area contributed by atoms with Gasteiger partial charge in [-0.25, -0.2) is 4.98 Å². The highest BCUT2D eigenvalue weighted by atomic mass is 19.4. The maximum Gasteiger partial charge on any atom is 0.416 e. The number of anilines is 1. The van der Waals surface area contributed by atoms with E-state index in [1.807, 2.05) is 18.3 Å². The Hall–Kier alpha value is -2.67. The van der Waals surface area contributed by atoms with E-state index in [9.17, 15) is 13.2 Å². The number of benzene rings is 1. The minimum Gasteiger partial charge on any atom is -0.354 e. The van der Waals surface area contributed by atoms with Crippen LogP contribution in [-0.4, -0.2) is 54.9 Å². The first-order valence-corrected chi connectivity index (χ1v) is 10.6. The number of aliphatic imine (C=N–C) groups is 1. The summed E-state index contributed by atoms with van der Waals surface area (Å²) in [5, 5.41) is 0. The highest BCUT2D eigenvalue weighted by Gasteiger charge is 2.30. The van der Waals surface area contributed by atoms with Crippen molar-refractivity contribution < 1.29 is 13.2 Å². The van der Waals surface area contributed by atoms with Crippen LogP contribution in [0.5, 0.6) is 0 Å². The van der Waals surface area contributed by atoms with Crippen LogP contribution in [-0.2, 0) is 6.18 Å². The Morgan fingerprint density at radius 1 is 1.03 bits per heavy atom. The van der Waals surface area contributed by atoms with Crippen molar-refractivity contribution >= 4 is 12.0 Å². The van der Waals surface area contributed by atoms with Gasteiger partial charge >= 0.3 is 6.18 Å². The molecule has 1 aromatic heterocycles. The normalized spacial score (nSPS) is 20.4. The van der Waals surface area contributed by atoms with Crippen LogP contribution in [0.15, 0.2) is 58.7 Å². The van der Waals surface area contributed by atoms with Crippen LogP contribution in [0.25, 0.3) is 11.1 Å². The second-order valence-electron chi connectivity index (χ2n) is 8.35. The number of pyridine rings is 1. The Kier molecular flexibility index (Phi) is 6.14. The molecule has 0 N–H and O–H groups in total. The van der Waals surface area contributed by atoms with E-state index >= 15 is 0 Å². The zero-order valence-electron chi connectivity index (χ0n) is 17.9. The first-order chi connectivity index (χ1) is 14.8. The fourth-order valence-corrected chi connectivity index (χ4v) is 4.20. The highest BCUT2D eigenvalue weighted by molar-refractivity contribution is 5.81. The molecule has 1 fully saturated rings. The van der Waals surface area contributed by atoms with E-state index in [1.165, 1.54) is 23.3 Å². The minimum absolute atomic E-state index is 0.369. The van der Waals surface area contributed by atoms with Gasteiger partial charge in [0.1, 0.15) is 5.82 Å². The average Bonchev–Trinajstić information content (AvgIpc) is 2.76. The van der Waals surface area contributed by atoms with Crippen molar-refractivity contribution in [2.75, 3.05) is 37.6 Å². The predicted molar refractivity (Wildman–Crippen MR) is 119 cm³/mol. The zero-order valence-corrected chi connectivity index (χ0v) is 17.9. The molecule has 0 radical (unpaired) electrons. The van der Waals surface area contributed by atoms with Crippen LogP contribution in [0.4, 0.5) is 19.0 Å². The number of aromatic nitrogens is 1. The largest absolute Gasteiger partial charge is 0.416 e.